The molecular formula is C7H8O4. The van der Waals surface area contributed by atoms with Crippen LogP contribution in [-0.4, -0.2) is 19.4 Å². The van der Waals surface area contributed by atoms with E-state index in [4.69, 9.17) is 14.2 Å². The molecule has 2 atom stereocenters. The molecule has 0 radical (unpaired) electrons. The van der Waals surface area contributed by atoms with Crippen molar-refractivity contribution in [2.24, 2.45) is 5.92 Å². The van der Waals surface area contributed by atoms with E-state index < -0.39 is 0 Å². The van der Waals surface area contributed by atoms with E-state index in [2.05, 4.69) is 0 Å². The predicted molar refractivity (Wildman–Crippen MR) is 34.2 cm³/mol. The molecule has 2 rings (SSSR count). The highest BCUT2D eigenvalue weighted by Crippen LogP contribution is 2.35. The van der Waals surface area contributed by atoms with Crippen molar-refractivity contribution in [1.82, 2.24) is 0 Å². The summed E-state index contributed by atoms with van der Waals surface area (Å²) in [6.45, 7) is 0. The van der Waals surface area contributed by atoms with Gasteiger partial charge in [-0.25, -0.2) is 0 Å². The number of ether oxygens (including phenoxy) is 3. The zero-order valence-corrected chi connectivity index (χ0v) is 6.07. The fourth-order valence-electron chi connectivity index (χ4n) is 1.32. The topological polar surface area (TPSA) is 44.8 Å². The maximum atomic E-state index is 10.7. The van der Waals surface area contributed by atoms with Crippen LogP contribution in [0.5, 0.6) is 0 Å². The van der Waals surface area contributed by atoms with E-state index in [9.17, 15) is 4.79 Å². The highest BCUT2D eigenvalue weighted by atomic mass is 16.7. The van der Waals surface area contributed by atoms with Crippen LogP contribution in [0.25, 0.3) is 0 Å². The van der Waals surface area contributed by atoms with E-state index in [1.54, 1.807) is 7.11 Å². The lowest BCUT2D eigenvalue weighted by molar-refractivity contribution is -0.137. The first-order chi connectivity index (χ1) is 5.31. The molecule has 0 bridgehead atoms. The first kappa shape index (κ1) is 6.67. The Hall–Kier alpha value is -1.03. The summed E-state index contributed by atoms with van der Waals surface area (Å²) in [7, 11) is 1.55. The van der Waals surface area contributed by atoms with Gasteiger partial charge in [0.2, 0.25) is 6.29 Å². The molecule has 0 aromatic carbocycles. The van der Waals surface area contributed by atoms with Crippen LogP contribution >= 0.6 is 0 Å². The summed E-state index contributed by atoms with van der Waals surface area (Å²) in [5.74, 6) is 0.376. The quantitative estimate of drug-likeness (QED) is 0.515. The Morgan fingerprint density at radius 1 is 1.73 bits per heavy atom. The molecule has 60 valence electrons. The molecule has 4 heteroatoms. The number of esters is 1. The minimum atomic E-state index is -0.337. The van der Waals surface area contributed by atoms with Crippen molar-refractivity contribution in [3.8, 4) is 0 Å². The minimum Gasteiger partial charge on any atom is -0.468 e. The van der Waals surface area contributed by atoms with Crippen molar-refractivity contribution in [2.75, 3.05) is 7.11 Å². The number of carbonyl (C=O) groups is 1. The van der Waals surface area contributed by atoms with Crippen LogP contribution in [-0.2, 0) is 19.0 Å². The number of carbonyl (C=O) groups excluding carboxylic acids is 1. The van der Waals surface area contributed by atoms with Gasteiger partial charge in [0.25, 0.3) is 0 Å². The second kappa shape index (κ2) is 2.23. The first-order valence-corrected chi connectivity index (χ1v) is 3.40. The molecule has 2 aliphatic rings. The fraction of sp³-hybridized carbons (Fsp3) is 0.571. The number of hydrogen-bond donors (Lipinski definition) is 0. The van der Waals surface area contributed by atoms with Gasteiger partial charge in [-0.1, -0.05) is 0 Å². The molecule has 0 aliphatic carbocycles. The Morgan fingerprint density at radius 3 is 3.27 bits per heavy atom. The Kier molecular flexibility index (Phi) is 1.35. The van der Waals surface area contributed by atoms with Gasteiger partial charge in [0.15, 0.2) is 5.76 Å². The van der Waals surface area contributed by atoms with E-state index in [0.717, 1.165) is 0 Å². The molecule has 0 saturated carbocycles. The molecule has 11 heavy (non-hydrogen) atoms. The van der Waals surface area contributed by atoms with Crippen LogP contribution in [0.15, 0.2) is 12.0 Å². The van der Waals surface area contributed by atoms with Crippen molar-refractivity contribution >= 4 is 5.97 Å². The van der Waals surface area contributed by atoms with Gasteiger partial charge in [0, 0.05) is 7.11 Å². The summed E-state index contributed by atoms with van der Waals surface area (Å²) in [4.78, 5) is 10.7. The normalized spacial score (nSPS) is 34.3. The van der Waals surface area contributed by atoms with Gasteiger partial charge in [-0.2, -0.15) is 0 Å². The predicted octanol–water partition coefficient (Wildman–Crippen LogP) is 0.394. The highest BCUT2D eigenvalue weighted by Gasteiger charge is 2.41. The lowest BCUT2D eigenvalue weighted by atomic mass is 10.1. The smallest absolute Gasteiger partial charge is 0.311 e. The van der Waals surface area contributed by atoms with Gasteiger partial charge in [-0.15, -0.1) is 0 Å². The lowest BCUT2D eigenvalue weighted by Crippen LogP contribution is -2.18. The van der Waals surface area contributed by atoms with Crippen molar-refractivity contribution in [1.29, 1.82) is 0 Å². The fourth-order valence-corrected chi connectivity index (χ4v) is 1.32. The second-order valence-electron chi connectivity index (χ2n) is 2.55. The molecule has 2 unspecified atom stereocenters. The zero-order chi connectivity index (χ0) is 7.84. The second-order valence-corrected chi connectivity index (χ2v) is 2.55. The molecule has 0 spiro atoms. The van der Waals surface area contributed by atoms with E-state index in [-0.39, 0.29) is 18.2 Å². The van der Waals surface area contributed by atoms with E-state index in [0.29, 0.717) is 12.2 Å². The largest absolute Gasteiger partial charge is 0.468 e. The molecule has 0 N–H and O–H groups in total. The zero-order valence-electron chi connectivity index (χ0n) is 6.07. The molecule has 0 amide bonds. The first-order valence-electron chi connectivity index (χ1n) is 3.40. The van der Waals surface area contributed by atoms with Crippen molar-refractivity contribution in [3.63, 3.8) is 0 Å². The lowest BCUT2D eigenvalue weighted by Gasteiger charge is -2.11. The maximum Gasteiger partial charge on any atom is 0.311 e. The molecular weight excluding hydrogens is 148 g/mol. The number of hydrogen-bond acceptors (Lipinski definition) is 4. The summed E-state index contributed by atoms with van der Waals surface area (Å²) in [6.07, 6.45) is 1.48. The molecule has 1 fully saturated rings. The summed E-state index contributed by atoms with van der Waals surface area (Å²) >= 11 is 0. The summed E-state index contributed by atoms with van der Waals surface area (Å²) < 4.78 is 14.9. The summed E-state index contributed by atoms with van der Waals surface area (Å²) in [6, 6.07) is 0. The Bertz CT molecular complexity index is 220. The van der Waals surface area contributed by atoms with Crippen LogP contribution in [0.3, 0.4) is 0 Å². The summed E-state index contributed by atoms with van der Waals surface area (Å²) in [5, 5.41) is 0. The van der Waals surface area contributed by atoms with E-state index >= 15 is 0 Å². The number of methoxy groups -OCH3 is 1. The van der Waals surface area contributed by atoms with Crippen molar-refractivity contribution in [2.45, 2.75) is 12.7 Å². The Labute approximate surface area is 63.7 Å². The third-order valence-electron chi connectivity index (χ3n) is 1.86. The highest BCUT2D eigenvalue weighted by molar-refractivity contribution is 5.74. The van der Waals surface area contributed by atoms with Crippen LogP contribution in [0, 0.1) is 5.92 Å². The molecule has 0 aromatic heterocycles. The average Bonchev–Trinajstić information content (AvgIpc) is 2.45. The molecule has 2 heterocycles. The third kappa shape index (κ3) is 0.903. The van der Waals surface area contributed by atoms with Gasteiger partial charge < -0.3 is 14.2 Å². The van der Waals surface area contributed by atoms with Crippen LogP contribution in [0.4, 0.5) is 0 Å². The minimum absolute atomic E-state index is 0.0208. The van der Waals surface area contributed by atoms with Crippen LogP contribution in [0.2, 0.25) is 0 Å². The van der Waals surface area contributed by atoms with Gasteiger partial charge in [0.05, 0.1) is 12.3 Å². The standard InChI is InChI=1S/C7H8O4/c1-9-7-4-2-6(8)11-5(4)3-10-7/h3-4,7H,2H2,1H3. The molecule has 0 aromatic rings. The van der Waals surface area contributed by atoms with E-state index in [1.807, 2.05) is 0 Å². The van der Waals surface area contributed by atoms with Crippen LogP contribution in [0.1, 0.15) is 6.42 Å². The van der Waals surface area contributed by atoms with Crippen LogP contribution < -0.4 is 0 Å². The third-order valence-corrected chi connectivity index (χ3v) is 1.86. The van der Waals surface area contributed by atoms with Crippen molar-refractivity contribution in [3.05, 3.63) is 12.0 Å². The average molecular weight is 156 g/mol. The van der Waals surface area contributed by atoms with Crippen molar-refractivity contribution < 1.29 is 19.0 Å². The van der Waals surface area contributed by atoms with Gasteiger partial charge in [-0.3, -0.25) is 4.79 Å². The van der Waals surface area contributed by atoms with Gasteiger partial charge in [0.1, 0.15) is 6.26 Å². The SMILES string of the molecule is COC1OC=C2OC(=O)CC21. The number of rotatable bonds is 1. The summed E-state index contributed by atoms with van der Waals surface area (Å²) in [5.41, 5.74) is 0. The Morgan fingerprint density at radius 2 is 2.55 bits per heavy atom. The molecule has 2 aliphatic heterocycles. The molecule has 4 nitrogen and oxygen atoms in total. The Balaban J connectivity index is 2.15. The monoisotopic (exact) mass is 156 g/mol. The maximum absolute atomic E-state index is 10.7. The molecule has 1 saturated heterocycles. The van der Waals surface area contributed by atoms with Gasteiger partial charge >= 0.3 is 5.97 Å². The van der Waals surface area contributed by atoms with Gasteiger partial charge in [-0.05, 0) is 0 Å². The van der Waals surface area contributed by atoms with E-state index in [1.165, 1.54) is 6.26 Å². The number of fused-ring (bicyclic) bond motifs is 1.